The molecular formula is C12H19NO2. The van der Waals surface area contributed by atoms with Crippen molar-refractivity contribution in [3.8, 4) is 0 Å². The molecule has 0 aliphatic heterocycles. The van der Waals surface area contributed by atoms with Gasteiger partial charge in [0.05, 0.1) is 18.4 Å². The molecule has 1 atom stereocenters. The molecule has 1 saturated carbocycles. The molecule has 3 nitrogen and oxygen atoms in total. The molecule has 0 amide bonds. The van der Waals surface area contributed by atoms with E-state index >= 15 is 0 Å². The van der Waals surface area contributed by atoms with Gasteiger partial charge < -0.3 is 14.8 Å². The molecule has 1 aliphatic rings. The molecule has 1 aromatic rings. The first-order valence-corrected chi connectivity index (χ1v) is 5.73. The van der Waals surface area contributed by atoms with Crippen LogP contribution in [-0.2, 0) is 0 Å². The second kappa shape index (κ2) is 4.81. The van der Waals surface area contributed by atoms with Crippen molar-refractivity contribution in [2.24, 2.45) is 0 Å². The highest BCUT2D eigenvalue weighted by Crippen LogP contribution is 2.21. The van der Waals surface area contributed by atoms with Gasteiger partial charge in [-0.1, -0.05) is 0 Å². The minimum absolute atomic E-state index is 0.0815. The third-order valence-electron chi connectivity index (χ3n) is 3.15. The van der Waals surface area contributed by atoms with Gasteiger partial charge >= 0.3 is 0 Å². The number of aliphatic hydroxyl groups is 1. The Kier molecular flexibility index (Phi) is 3.44. The lowest BCUT2D eigenvalue weighted by Gasteiger charge is -2.28. The summed E-state index contributed by atoms with van der Waals surface area (Å²) in [6, 6.07) is 4.70. The number of furan rings is 1. The van der Waals surface area contributed by atoms with Crippen LogP contribution in [-0.4, -0.2) is 17.3 Å². The van der Waals surface area contributed by atoms with Gasteiger partial charge in [0, 0.05) is 6.04 Å². The Morgan fingerprint density at radius 1 is 1.40 bits per heavy atom. The summed E-state index contributed by atoms with van der Waals surface area (Å²) in [5.74, 6) is 0.987. The lowest BCUT2D eigenvalue weighted by atomic mass is 9.92. The molecule has 2 rings (SSSR count). The van der Waals surface area contributed by atoms with Gasteiger partial charge in [-0.2, -0.15) is 0 Å². The summed E-state index contributed by atoms with van der Waals surface area (Å²) in [5, 5.41) is 12.9. The van der Waals surface area contributed by atoms with Crippen molar-refractivity contribution in [1.82, 2.24) is 5.32 Å². The van der Waals surface area contributed by atoms with Crippen LogP contribution >= 0.6 is 0 Å². The first kappa shape index (κ1) is 10.7. The Morgan fingerprint density at radius 2 is 2.13 bits per heavy atom. The van der Waals surface area contributed by atoms with Gasteiger partial charge in [0.15, 0.2) is 0 Å². The molecule has 2 N–H and O–H groups in total. The van der Waals surface area contributed by atoms with Crippen molar-refractivity contribution in [2.75, 3.05) is 0 Å². The largest absolute Gasteiger partial charge is 0.468 e. The van der Waals surface area contributed by atoms with Crippen molar-refractivity contribution in [3.05, 3.63) is 24.2 Å². The van der Waals surface area contributed by atoms with Crippen molar-refractivity contribution < 1.29 is 9.52 Å². The number of rotatable bonds is 3. The summed E-state index contributed by atoms with van der Waals surface area (Å²) in [7, 11) is 0. The SMILES string of the molecule is C[C@H](NC1CCC(O)CC1)c1ccco1. The van der Waals surface area contributed by atoms with E-state index in [2.05, 4.69) is 12.2 Å². The monoisotopic (exact) mass is 209 g/mol. The molecule has 1 aromatic heterocycles. The van der Waals surface area contributed by atoms with E-state index in [1.807, 2.05) is 12.1 Å². The zero-order valence-corrected chi connectivity index (χ0v) is 9.15. The highest BCUT2D eigenvalue weighted by atomic mass is 16.3. The van der Waals surface area contributed by atoms with E-state index in [1.54, 1.807) is 6.26 Å². The average Bonchev–Trinajstić information content (AvgIpc) is 2.74. The smallest absolute Gasteiger partial charge is 0.120 e. The van der Waals surface area contributed by atoms with Gasteiger partial charge in [0.2, 0.25) is 0 Å². The summed E-state index contributed by atoms with van der Waals surface area (Å²) < 4.78 is 5.35. The van der Waals surface area contributed by atoms with Crippen LogP contribution < -0.4 is 5.32 Å². The van der Waals surface area contributed by atoms with Crippen LogP contribution in [0.5, 0.6) is 0 Å². The third kappa shape index (κ3) is 2.83. The van der Waals surface area contributed by atoms with Crippen LogP contribution in [0.25, 0.3) is 0 Å². The Hall–Kier alpha value is -0.800. The molecule has 15 heavy (non-hydrogen) atoms. The predicted octanol–water partition coefficient (Wildman–Crippen LogP) is 2.23. The number of aliphatic hydroxyl groups excluding tert-OH is 1. The summed E-state index contributed by atoms with van der Waals surface area (Å²) in [5.41, 5.74) is 0. The maximum absolute atomic E-state index is 9.40. The fourth-order valence-electron chi connectivity index (χ4n) is 2.22. The van der Waals surface area contributed by atoms with Crippen molar-refractivity contribution >= 4 is 0 Å². The van der Waals surface area contributed by atoms with Crippen LogP contribution in [0.4, 0.5) is 0 Å². The lowest BCUT2D eigenvalue weighted by Crippen LogP contribution is -2.36. The van der Waals surface area contributed by atoms with Crippen LogP contribution in [0.3, 0.4) is 0 Å². The maximum atomic E-state index is 9.40. The quantitative estimate of drug-likeness (QED) is 0.802. The van der Waals surface area contributed by atoms with Crippen LogP contribution in [0.1, 0.15) is 44.4 Å². The number of hydrogen-bond donors (Lipinski definition) is 2. The van der Waals surface area contributed by atoms with E-state index in [9.17, 15) is 5.11 Å². The molecule has 1 fully saturated rings. The van der Waals surface area contributed by atoms with E-state index in [1.165, 1.54) is 0 Å². The fraction of sp³-hybridized carbons (Fsp3) is 0.667. The normalized spacial score (nSPS) is 28.9. The maximum Gasteiger partial charge on any atom is 0.120 e. The Bertz CT molecular complexity index is 276. The van der Waals surface area contributed by atoms with E-state index < -0.39 is 0 Å². The molecule has 0 aromatic carbocycles. The minimum atomic E-state index is -0.0815. The molecule has 84 valence electrons. The summed E-state index contributed by atoms with van der Waals surface area (Å²) in [6.07, 6.45) is 5.59. The van der Waals surface area contributed by atoms with Crippen molar-refractivity contribution in [1.29, 1.82) is 0 Å². The van der Waals surface area contributed by atoms with Gasteiger partial charge in [-0.25, -0.2) is 0 Å². The average molecular weight is 209 g/mol. The van der Waals surface area contributed by atoms with E-state index in [-0.39, 0.29) is 12.1 Å². The Balaban J connectivity index is 1.82. The molecule has 0 radical (unpaired) electrons. The number of nitrogens with one attached hydrogen (secondary N) is 1. The highest BCUT2D eigenvalue weighted by molar-refractivity contribution is 5.03. The highest BCUT2D eigenvalue weighted by Gasteiger charge is 2.21. The second-order valence-corrected chi connectivity index (χ2v) is 4.41. The topological polar surface area (TPSA) is 45.4 Å². The first-order chi connectivity index (χ1) is 7.25. The van der Waals surface area contributed by atoms with Gasteiger partial charge in [-0.05, 0) is 44.7 Å². The Morgan fingerprint density at radius 3 is 2.73 bits per heavy atom. The van der Waals surface area contributed by atoms with Gasteiger partial charge in [0.25, 0.3) is 0 Å². The lowest BCUT2D eigenvalue weighted by molar-refractivity contribution is 0.114. The zero-order valence-electron chi connectivity index (χ0n) is 9.15. The summed E-state index contributed by atoms with van der Waals surface area (Å²) >= 11 is 0. The molecule has 0 bridgehead atoms. The first-order valence-electron chi connectivity index (χ1n) is 5.73. The molecule has 0 saturated heterocycles. The molecule has 0 spiro atoms. The third-order valence-corrected chi connectivity index (χ3v) is 3.15. The van der Waals surface area contributed by atoms with Crippen LogP contribution in [0.15, 0.2) is 22.8 Å². The summed E-state index contributed by atoms with van der Waals surface area (Å²) in [6.45, 7) is 2.11. The molecular weight excluding hydrogens is 190 g/mol. The standard InChI is InChI=1S/C12H19NO2/c1-9(12-3-2-8-15-12)13-10-4-6-11(14)7-5-10/h2-3,8-11,13-14H,4-7H2,1H3/t9-,10?,11?/m0/s1. The van der Waals surface area contributed by atoms with Gasteiger partial charge in [0.1, 0.15) is 5.76 Å². The molecule has 3 heteroatoms. The van der Waals surface area contributed by atoms with E-state index in [0.29, 0.717) is 6.04 Å². The zero-order chi connectivity index (χ0) is 10.7. The molecule has 0 unspecified atom stereocenters. The fourth-order valence-corrected chi connectivity index (χ4v) is 2.22. The summed E-state index contributed by atoms with van der Waals surface area (Å²) in [4.78, 5) is 0. The van der Waals surface area contributed by atoms with E-state index in [0.717, 1.165) is 31.4 Å². The van der Waals surface area contributed by atoms with E-state index in [4.69, 9.17) is 4.42 Å². The second-order valence-electron chi connectivity index (χ2n) is 4.41. The minimum Gasteiger partial charge on any atom is -0.468 e. The van der Waals surface area contributed by atoms with Gasteiger partial charge in [-0.15, -0.1) is 0 Å². The number of hydrogen-bond acceptors (Lipinski definition) is 3. The Labute approximate surface area is 90.5 Å². The molecule has 1 heterocycles. The van der Waals surface area contributed by atoms with Crippen molar-refractivity contribution in [3.63, 3.8) is 0 Å². The van der Waals surface area contributed by atoms with Crippen molar-refractivity contribution in [2.45, 2.75) is 50.8 Å². The predicted molar refractivity (Wildman–Crippen MR) is 58.5 cm³/mol. The van der Waals surface area contributed by atoms with Crippen LogP contribution in [0, 0.1) is 0 Å². The molecule has 1 aliphatic carbocycles. The van der Waals surface area contributed by atoms with Gasteiger partial charge in [-0.3, -0.25) is 0 Å². The van der Waals surface area contributed by atoms with Crippen LogP contribution in [0.2, 0.25) is 0 Å².